The van der Waals surface area contributed by atoms with Crippen LogP contribution in [0.2, 0.25) is 0 Å². The van der Waals surface area contributed by atoms with E-state index in [4.69, 9.17) is 9.57 Å². The normalized spacial score (nSPS) is 17.5. The standard InChI is InChI=1S/C26H25FN2O2S/c27-22-13-21(19-7-11-30-12-8-19)15-24(16-22)32-23-2-3-25-20(14-23)1-4-26(25)29-31-17-18-5-9-28-10-6-18/h2-3,5-6,9-10,13-16,19H,1,4,7-8,11-12,17H2/b29-26+. The van der Waals surface area contributed by atoms with Crippen LogP contribution in [0.5, 0.6) is 0 Å². The first-order chi connectivity index (χ1) is 15.7. The van der Waals surface area contributed by atoms with E-state index >= 15 is 0 Å². The molecule has 6 heteroatoms. The monoisotopic (exact) mass is 448 g/mol. The molecule has 1 fully saturated rings. The molecular weight excluding hydrogens is 423 g/mol. The Balaban J connectivity index is 1.28. The molecule has 1 aliphatic carbocycles. The molecule has 1 aromatic heterocycles. The fourth-order valence-corrected chi connectivity index (χ4v) is 5.29. The van der Waals surface area contributed by atoms with Gasteiger partial charge in [-0.05, 0) is 90.8 Å². The molecule has 2 aliphatic rings. The van der Waals surface area contributed by atoms with E-state index in [-0.39, 0.29) is 5.82 Å². The van der Waals surface area contributed by atoms with Crippen molar-refractivity contribution >= 4 is 17.5 Å². The number of hydrogen-bond acceptors (Lipinski definition) is 5. The van der Waals surface area contributed by atoms with Crippen molar-refractivity contribution in [1.82, 2.24) is 4.98 Å². The van der Waals surface area contributed by atoms with Crippen LogP contribution in [0.3, 0.4) is 0 Å². The van der Waals surface area contributed by atoms with Gasteiger partial charge in [-0.3, -0.25) is 4.98 Å². The Morgan fingerprint density at radius 2 is 1.84 bits per heavy atom. The van der Waals surface area contributed by atoms with Gasteiger partial charge in [0, 0.05) is 41.0 Å². The molecule has 3 aromatic rings. The van der Waals surface area contributed by atoms with E-state index in [1.807, 2.05) is 12.1 Å². The van der Waals surface area contributed by atoms with E-state index < -0.39 is 0 Å². The summed E-state index contributed by atoms with van der Waals surface area (Å²) in [5, 5.41) is 4.38. The van der Waals surface area contributed by atoms with Crippen LogP contribution in [0.1, 0.15) is 47.4 Å². The number of pyridine rings is 1. The average Bonchev–Trinajstić information content (AvgIpc) is 3.22. The minimum atomic E-state index is -0.168. The summed E-state index contributed by atoms with van der Waals surface area (Å²) in [6, 6.07) is 15.7. The lowest BCUT2D eigenvalue weighted by Crippen LogP contribution is -2.14. The highest BCUT2D eigenvalue weighted by Gasteiger charge is 2.20. The smallest absolute Gasteiger partial charge is 0.142 e. The van der Waals surface area contributed by atoms with Gasteiger partial charge in [0.25, 0.3) is 0 Å². The van der Waals surface area contributed by atoms with Crippen molar-refractivity contribution in [2.24, 2.45) is 5.16 Å². The maximum absolute atomic E-state index is 14.3. The maximum Gasteiger partial charge on any atom is 0.142 e. The Morgan fingerprint density at radius 1 is 1.00 bits per heavy atom. The van der Waals surface area contributed by atoms with Gasteiger partial charge >= 0.3 is 0 Å². The SMILES string of the molecule is Fc1cc(Sc2ccc3c(c2)CC/C3=N\OCc2ccncc2)cc(C2CCOCC2)c1. The van der Waals surface area contributed by atoms with Gasteiger partial charge < -0.3 is 9.57 Å². The van der Waals surface area contributed by atoms with Crippen molar-refractivity contribution in [3.05, 3.63) is 89.0 Å². The van der Waals surface area contributed by atoms with Gasteiger partial charge in [-0.1, -0.05) is 23.0 Å². The van der Waals surface area contributed by atoms with Crippen LogP contribution in [-0.2, 0) is 22.6 Å². The Kier molecular flexibility index (Phi) is 6.51. The number of halogens is 1. The van der Waals surface area contributed by atoms with Crippen molar-refractivity contribution < 1.29 is 14.0 Å². The molecule has 0 bridgehead atoms. The summed E-state index contributed by atoms with van der Waals surface area (Å²) in [6.45, 7) is 1.94. The van der Waals surface area contributed by atoms with Crippen LogP contribution >= 0.6 is 11.8 Å². The quantitative estimate of drug-likeness (QED) is 0.425. The number of aromatic nitrogens is 1. The van der Waals surface area contributed by atoms with E-state index in [0.717, 1.165) is 71.1 Å². The number of aryl methyl sites for hydroxylation is 1. The van der Waals surface area contributed by atoms with E-state index in [9.17, 15) is 4.39 Å². The van der Waals surface area contributed by atoms with Crippen molar-refractivity contribution in [2.75, 3.05) is 13.2 Å². The molecule has 164 valence electrons. The Hall–Kier alpha value is -2.70. The van der Waals surface area contributed by atoms with E-state index in [1.54, 1.807) is 36.3 Å². The highest BCUT2D eigenvalue weighted by atomic mass is 32.2. The summed E-state index contributed by atoms with van der Waals surface area (Å²) < 4.78 is 19.8. The van der Waals surface area contributed by atoms with Crippen LogP contribution in [0, 0.1) is 5.82 Å². The van der Waals surface area contributed by atoms with Gasteiger partial charge in [-0.25, -0.2) is 4.39 Å². The summed E-state index contributed by atoms with van der Waals surface area (Å²) in [7, 11) is 0. The fraction of sp³-hybridized carbons (Fsp3) is 0.308. The largest absolute Gasteiger partial charge is 0.391 e. The Bertz CT molecular complexity index is 1110. The zero-order valence-electron chi connectivity index (χ0n) is 17.8. The lowest BCUT2D eigenvalue weighted by molar-refractivity contribution is 0.0852. The Morgan fingerprint density at radius 3 is 2.69 bits per heavy atom. The minimum Gasteiger partial charge on any atom is -0.391 e. The number of nitrogens with zero attached hydrogens (tertiary/aromatic N) is 2. The second kappa shape index (κ2) is 9.84. The molecule has 1 aliphatic heterocycles. The summed E-state index contributed by atoms with van der Waals surface area (Å²) >= 11 is 1.61. The highest BCUT2D eigenvalue weighted by Crippen LogP contribution is 2.36. The molecule has 1 saturated heterocycles. The molecule has 32 heavy (non-hydrogen) atoms. The second-order valence-electron chi connectivity index (χ2n) is 8.19. The van der Waals surface area contributed by atoms with Gasteiger partial charge in [0.1, 0.15) is 12.4 Å². The van der Waals surface area contributed by atoms with Gasteiger partial charge in [-0.15, -0.1) is 0 Å². The number of ether oxygens (including phenoxy) is 1. The minimum absolute atomic E-state index is 0.168. The van der Waals surface area contributed by atoms with Crippen LogP contribution in [0.15, 0.2) is 75.9 Å². The Labute approximate surface area is 191 Å². The predicted octanol–water partition coefficient (Wildman–Crippen LogP) is 6.13. The zero-order valence-corrected chi connectivity index (χ0v) is 18.6. The lowest BCUT2D eigenvalue weighted by atomic mass is 9.92. The van der Waals surface area contributed by atoms with E-state index in [0.29, 0.717) is 12.5 Å². The molecular formula is C26H25FN2O2S. The molecule has 0 atom stereocenters. The van der Waals surface area contributed by atoms with Crippen LogP contribution in [-0.4, -0.2) is 23.9 Å². The molecule has 0 saturated carbocycles. The van der Waals surface area contributed by atoms with Gasteiger partial charge in [0.05, 0.1) is 5.71 Å². The topological polar surface area (TPSA) is 43.7 Å². The first-order valence-corrected chi connectivity index (χ1v) is 11.8. The van der Waals surface area contributed by atoms with Gasteiger partial charge in [-0.2, -0.15) is 0 Å². The summed E-state index contributed by atoms with van der Waals surface area (Å²) in [6.07, 6.45) is 7.23. The zero-order chi connectivity index (χ0) is 21.8. The number of hydrogen-bond donors (Lipinski definition) is 0. The first kappa shape index (κ1) is 21.2. The second-order valence-corrected chi connectivity index (χ2v) is 9.34. The first-order valence-electron chi connectivity index (χ1n) is 11.0. The number of oxime groups is 1. The van der Waals surface area contributed by atoms with Crippen LogP contribution in [0.4, 0.5) is 4.39 Å². The average molecular weight is 449 g/mol. The summed E-state index contributed by atoms with van der Waals surface area (Å²) in [5.74, 6) is 0.211. The van der Waals surface area contributed by atoms with Crippen molar-refractivity contribution in [3.8, 4) is 0 Å². The van der Waals surface area contributed by atoms with Crippen LogP contribution in [0.25, 0.3) is 0 Å². The molecule has 2 aromatic carbocycles. The third kappa shape index (κ3) is 5.03. The van der Waals surface area contributed by atoms with Gasteiger partial charge in [0.15, 0.2) is 0 Å². The third-order valence-corrected chi connectivity index (χ3v) is 6.96. The maximum atomic E-state index is 14.3. The van der Waals surface area contributed by atoms with Crippen molar-refractivity contribution in [1.29, 1.82) is 0 Å². The van der Waals surface area contributed by atoms with Crippen molar-refractivity contribution in [2.45, 2.75) is 48.0 Å². The third-order valence-electron chi connectivity index (χ3n) is 6.00. The highest BCUT2D eigenvalue weighted by molar-refractivity contribution is 7.99. The fourth-order valence-electron chi connectivity index (χ4n) is 4.31. The molecule has 0 N–H and O–H groups in total. The molecule has 0 amide bonds. The van der Waals surface area contributed by atoms with E-state index in [2.05, 4.69) is 34.4 Å². The number of benzene rings is 2. The van der Waals surface area contributed by atoms with Crippen LogP contribution < -0.4 is 0 Å². The molecule has 4 nitrogen and oxygen atoms in total. The van der Waals surface area contributed by atoms with E-state index in [1.165, 1.54) is 5.56 Å². The summed E-state index contributed by atoms with van der Waals surface area (Å²) in [4.78, 5) is 11.6. The number of fused-ring (bicyclic) bond motifs is 1. The molecule has 2 heterocycles. The molecule has 5 rings (SSSR count). The lowest BCUT2D eigenvalue weighted by Gasteiger charge is -2.23. The van der Waals surface area contributed by atoms with Crippen molar-refractivity contribution in [3.63, 3.8) is 0 Å². The number of rotatable bonds is 6. The van der Waals surface area contributed by atoms with Gasteiger partial charge in [0.2, 0.25) is 0 Å². The predicted molar refractivity (Wildman–Crippen MR) is 124 cm³/mol. The molecule has 0 radical (unpaired) electrons. The molecule has 0 spiro atoms. The molecule has 0 unspecified atom stereocenters. The summed E-state index contributed by atoms with van der Waals surface area (Å²) in [5.41, 5.74) is 5.52.